The highest BCUT2D eigenvalue weighted by Gasteiger charge is 2.17. The Morgan fingerprint density at radius 2 is 1.87 bits per heavy atom. The Bertz CT molecular complexity index is 1160. The van der Waals surface area contributed by atoms with Crippen LogP contribution in [-0.2, 0) is 6.54 Å². The molecule has 3 aromatic rings. The zero-order valence-corrected chi connectivity index (χ0v) is 17.6. The number of aromatic nitrogens is 2. The van der Waals surface area contributed by atoms with Crippen LogP contribution in [0.25, 0.3) is 11.0 Å². The zero-order valence-electron chi connectivity index (χ0n) is 17.6. The van der Waals surface area contributed by atoms with E-state index in [4.69, 9.17) is 4.74 Å². The molecule has 3 rings (SSSR count). The molecule has 0 aliphatic carbocycles. The minimum atomic E-state index is -0.700. The first kappa shape index (κ1) is 21.3. The third-order valence-corrected chi connectivity index (χ3v) is 5.13. The molecule has 158 valence electrons. The average Bonchev–Trinajstić information content (AvgIpc) is 2.74. The Hall–Kier alpha value is -3.39. The average molecular weight is 410 g/mol. The van der Waals surface area contributed by atoms with E-state index in [-0.39, 0.29) is 11.9 Å². The van der Waals surface area contributed by atoms with E-state index in [2.05, 4.69) is 10.3 Å². The van der Waals surface area contributed by atoms with E-state index in [1.165, 1.54) is 4.57 Å². The first-order valence-corrected chi connectivity index (χ1v) is 9.71. The fraction of sp³-hybridized carbons (Fsp3) is 0.318. The van der Waals surface area contributed by atoms with Gasteiger partial charge in [-0.3, -0.25) is 14.4 Å². The summed E-state index contributed by atoms with van der Waals surface area (Å²) in [6, 6.07) is 12.6. The molecule has 1 aromatic heterocycles. The van der Waals surface area contributed by atoms with Crippen LogP contribution < -0.4 is 21.2 Å². The van der Waals surface area contributed by atoms with E-state index in [0.29, 0.717) is 29.7 Å². The molecule has 0 spiro atoms. The maximum absolute atomic E-state index is 12.7. The summed E-state index contributed by atoms with van der Waals surface area (Å²) in [6.45, 7) is 2.57. The van der Waals surface area contributed by atoms with Gasteiger partial charge in [0.2, 0.25) is 0 Å². The molecule has 2 N–H and O–H groups in total. The molecular weight excluding hydrogens is 384 g/mol. The number of carbonyl (C=O) groups is 1. The van der Waals surface area contributed by atoms with Gasteiger partial charge in [-0.25, -0.2) is 0 Å². The van der Waals surface area contributed by atoms with Crippen LogP contribution >= 0.6 is 0 Å². The van der Waals surface area contributed by atoms with Gasteiger partial charge in [0.1, 0.15) is 5.75 Å². The van der Waals surface area contributed by atoms with Crippen molar-refractivity contribution >= 4 is 16.9 Å². The fourth-order valence-corrected chi connectivity index (χ4v) is 3.45. The lowest BCUT2D eigenvalue weighted by Crippen LogP contribution is -2.36. The zero-order chi connectivity index (χ0) is 21.8. The number of fused-ring (bicyclic) bond motifs is 1. The molecule has 30 heavy (non-hydrogen) atoms. The Morgan fingerprint density at radius 3 is 2.47 bits per heavy atom. The number of ether oxygens (including phenoxy) is 1. The maximum Gasteiger partial charge on any atom is 0.316 e. The van der Waals surface area contributed by atoms with Gasteiger partial charge >= 0.3 is 11.1 Å². The number of nitrogens with one attached hydrogen (secondary N) is 2. The maximum atomic E-state index is 12.7. The van der Waals surface area contributed by atoms with Crippen LogP contribution in [0.5, 0.6) is 5.75 Å². The van der Waals surface area contributed by atoms with Crippen molar-refractivity contribution in [2.45, 2.75) is 19.5 Å². The molecule has 2 aromatic carbocycles. The number of benzene rings is 2. The first-order valence-electron chi connectivity index (χ1n) is 9.71. The van der Waals surface area contributed by atoms with Gasteiger partial charge in [-0.1, -0.05) is 12.1 Å². The van der Waals surface area contributed by atoms with Gasteiger partial charge in [-0.15, -0.1) is 0 Å². The van der Waals surface area contributed by atoms with E-state index in [9.17, 15) is 14.4 Å². The van der Waals surface area contributed by atoms with Crippen LogP contribution in [0.3, 0.4) is 0 Å². The summed E-state index contributed by atoms with van der Waals surface area (Å²) in [6.07, 6.45) is 0. The predicted octanol–water partition coefficient (Wildman–Crippen LogP) is 1.75. The summed E-state index contributed by atoms with van der Waals surface area (Å²) in [7, 11) is 5.52. The number of aryl methyl sites for hydroxylation is 1. The van der Waals surface area contributed by atoms with Crippen LogP contribution in [-0.4, -0.2) is 48.1 Å². The van der Waals surface area contributed by atoms with Crippen molar-refractivity contribution in [3.05, 3.63) is 74.3 Å². The van der Waals surface area contributed by atoms with E-state index in [0.717, 1.165) is 11.3 Å². The smallest absolute Gasteiger partial charge is 0.316 e. The predicted molar refractivity (Wildman–Crippen MR) is 116 cm³/mol. The summed E-state index contributed by atoms with van der Waals surface area (Å²) < 4.78 is 6.59. The number of rotatable bonds is 7. The Balaban J connectivity index is 1.82. The van der Waals surface area contributed by atoms with Crippen molar-refractivity contribution in [3.63, 3.8) is 0 Å². The summed E-state index contributed by atoms with van der Waals surface area (Å²) in [5, 5.41) is 2.95. The van der Waals surface area contributed by atoms with Crippen LogP contribution in [0, 0.1) is 0 Å². The van der Waals surface area contributed by atoms with Crippen LogP contribution in [0.4, 0.5) is 0 Å². The van der Waals surface area contributed by atoms with Gasteiger partial charge in [-0.05, 0) is 56.9 Å². The highest BCUT2D eigenvalue weighted by atomic mass is 16.5. The van der Waals surface area contributed by atoms with Gasteiger partial charge in [-0.2, -0.15) is 0 Å². The lowest BCUT2D eigenvalue weighted by Gasteiger charge is -2.25. The summed E-state index contributed by atoms with van der Waals surface area (Å²) in [5.74, 6) is 0.517. The molecule has 1 amide bonds. The lowest BCUT2D eigenvalue weighted by atomic mass is 10.1. The van der Waals surface area contributed by atoms with Crippen molar-refractivity contribution < 1.29 is 9.53 Å². The number of amides is 1. The van der Waals surface area contributed by atoms with Crippen molar-refractivity contribution in [1.29, 1.82) is 0 Å². The molecule has 8 nitrogen and oxygen atoms in total. The minimum Gasteiger partial charge on any atom is -0.497 e. The quantitative estimate of drug-likeness (QED) is 0.579. The lowest BCUT2D eigenvalue weighted by molar-refractivity contribution is 0.0942. The van der Waals surface area contributed by atoms with Gasteiger partial charge in [0.15, 0.2) is 0 Å². The first-order chi connectivity index (χ1) is 14.3. The van der Waals surface area contributed by atoms with Crippen molar-refractivity contribution in [2.75, 3.05) is 27.7 Å². The number of nitrogens with zero attached hydrogens (tertiary/aromatic N) is 2. The van der Waals surface area contributed by atoms with E-state index in [1.807, 2.05) is 43.3 Å². The van der Waals surface area contributed by atoms with Gasteiger partial charge in [0.05, 0.1) is 24.2 Å². The highest BCUT2D eigenvalue weighted by Crippen LogP contribution is 2.21. The topological polar surface area (TPSA) is 96.4 Å². The highest BCUT2D eigenvalue weighted by molar-refractivity contribution is 5.97. The molecule has 0 aliphatic rings. The number of aromatic amines is 1. The van der Waals surface area contributed by atoms with Crippen molar-refractivity contribution in [3.8, 4) is 5.75 Å². The molecule has 0 saturated carbocycles. The summed E-state index contributed by atoms with van der Waals surface area (Å²) in [5.41, 5.74) is 1.20. The van der Waals surface area contributed by atoms with Gasteiger partial charge in [0.25, 0.3) is 5.91 Å². The van der Waals surface area contributed by atoms with Crippen LogP contribution in [0.2, 0.25) is 0 Å². The third-order valence-electron chi connectivity index (χ3n) is 5.13. The number of likely N-dealkylation sites (N-methyl/N-ethyl adjacent to an activating group) is 1. The SMILES string of the molecule is CCn1c(=O)c(=O)[nH]c2cc(C(=O)NC[C@H](c3ccc(OC)cc3)N(C)C)ccc21. The summed E-state index contributed by atoms with van der Waals surface area (Å²) in [4.78, 5) is 41.2. The van der Waals surface area contributed by atoms with Crippen LogP contribution in [0.15, 0.2) is 52.1 Å². The number of methoxy groups -OCH3 is 1. The second kappa shape index (κ2) is 8.96. The van der Waals surface area contributed by atoms with E-state index < -0.39 is 11.1 Å². The van der Waals surface area contributed by atoms with E-state index in [1.54, 1.807) is 32.2 Å². The molecule has 0 saturated heterocycles. The molecular formula is C22H26N4O4. The van der Waals surface area contributed by atoms with Gasteiger partial charge < -0.3 is 24.5 Å². The number of hydrogen-bond donors (Lipinski definition) is 2. The molecule has 0 aliphatic heterocycles. The van der Waals surface area contributed by atoms with Crippen molar-refractivity contribution in [2.24, 2.45) is 0 Å². The molecule has 0 radical (unpaired) electrons. The fourth-order valence-electron chi connectivity index (χ4n) is 3.45. The van der Waals surface area contributed by atoms with Gasteiger partial charge in [0, 0.05) is 18.7 Å². The normalized spacial score (nSPS) is 12.2. The van der Waals surface area contributed by atoms with Crippen LogP contribution in [0.1, 0.15) is 28.9 Å². The number of H-pyrrole nitrogens is 1. The molecule has 1 heterocycles. The molecule has 0 fully saturated rings. The molecule has 0 unspecified atom stereocenters. The standard InChI is InChI=1S/C22H26N4O4/c1-5-26-18-11-8-15(12-17(18)24-21(28)22(26)29)20(27)23-13-19(25(2)3)14-6-9-16(30-4)10-7-14/h6-12,19H,5,13H2,1-4H3,(H,23,27)(H,24,28)/t19-/m1/s1. The van der Waals surface area contributed by atoms with E-state index >= 15 is 0 Å². The Labute approximate surface area is 174 Å². The Kier molecular flexibility index (Phi) is 6.37. The summed E-state index contributed by atoms with van der Waals surface area (Å²) >= 11 is 0. The number of carbonyl (C=O) groups excluding carboxylic acids is 1. The minimum absolute atomic E-state index is 0.0228. The van der Waals surface area contributed by atoms with Crippen molar-refractivity contribution in [1.82, 2.24) is 19.8 Å². The molecule has 1 atom stereocenters. The number of hydrogen-bond acceptors (Lipinski definition) is 5. The Morgan fingerprint density at radius 1 is 1.17 bits per heavy atom. The second-order valence-electron chi connectivity index (χ2n) is 7.20. The molecule has 0 bridgehead atoms. The second-order valence-corrected chi connectivity index (χ2v) is 7.20. The largest absolute Gasteiger partial charge is 0.497 e. The molecule has 8 heteroatoms. The monoisotopic (exact) mass is 410 g/mol. The third kappa shape index (κ3) is 4.28.